The zero-order valence-electron chi connectivity index (χ0n) is 14.9. The van der Waals surface area contributed by atoms with Gasteiger partial charge in [-0.05, 0) is 98.8 Å². The maximum Gasteiger partial charge on any atom is 0.252 e. The van der Waals surface area contributed by atoms with Crippen molar-refractivity contribution in [3.05, 3.63) is 34.3 Å². The SMILES string of the molecule is NCCCc1ccc(Cl)c(C(=O)NCC23CC4CC(CC(C4)C2)C3)c1. The first-order valence-corrected chi connectivity index (χ1v) is 10.2. The van der Waals surface area contributed by atoms with Crippen molar-refractivity contribution in [2.75, 3.05) is 13.1 Å². The molecule has 4 aliphatic carbocycles. The highest BCUT2D eigenvalue weighted by Crippen LogP contribution is 2.59. The van der Waals surface area contributed by atoms with E-state index >= 15 is 0 Å². The van der Waals surface area contributed by atoms with Crippen molar-refractivity contribution < 1.29 is 4.79 Å². The highest BCUT2D eigenvalue weighted by molar-refractivity contribution is 6.33. The number of carbonyl (C=O) groups is 1. The van der Waals surface area contributed by atoms with Gasteiger partial charge in [-0.25, -0.2) is 0 Å². The number of hydrogen-bond donors (Lipinski definition) is 2. The molecule has 0 saturated heterocycles. The first-order chi connectivity index (χ1) is 12.1. The number of halogens is 1. The molecule has 25 heavy (non-hydrogen) atoms. The lowest BCUT2D eigenvalue weighted by Crippen LogP contribution is -2.51. The molecule has 0 atom stereocenters. The number of benzene rings is 1. The van der Waals surface area contributed by atoms with Gasteiger partial charge in [0.25, 0.3) is 5.91 Å². The summed E-state index contributed by atoms with van der Waals surface area (Å²) in [5.74, 6) is 2.71. The van der Waals surface area contributed by atoms with Gasteiger partial charge in [-0.1, -0.05) is 17.7 Å². The topological polar surface area (TPSA) is 55.1 Å². The van der Waals surface area contributed by atoms with Crippen LogP contribution in [0.3, 0.4) is 0 Å². The molecule has 4 fully saturated rings. The van der Waals surface area contributed by atoms with Crippen LogP contribution in [0.5, 0.6) is 0 Å². The van der Waals surface area contributed by atoms with E-state index in [1.165, 1.54) is 38.5 Å². The molecule has 1 aromatic rings. The average Bonchev–Trinajstić information content (AvgIpc) is 2.58. The van der Waals surface area contributed by atoms with Crippen LogP contribution < -0.4 is 11.1 Å². The Bertz CT molecular complexity index is 622. The molecule has 1 aromatic carbocycles. The summed E-state index contributed by atoms with van der Waals surface area (Å²) in [6.45, 7) is 1.48. The van der Waals surface area contributed by atoms with Crippen molar-refractivity contribution in [3.63, 3.8) is 0 Å². The lowest BCUT2D eigenvalue weighted by molar-refractivity contribution is -0.0503. The van der Waals surface area contributed by atoms with E-state index in [0.717, 1.165) is 42.7 Å². The fourth-order valence-corrected chi connectivity index (χ4v) is 6.28. The van der Waals surface area contributed by atoms with Crippen LogP contribution in [0.2, 0.25) is 5.02 Å². The summed E-state index contributed by atoms with van der Waals surface area (Å²) >= 11 is 6.29. The second-order valence-corrected chi connectivity index (χ2v) is 9.21. The minimum absolute atomic E-state index is 0.0182. The van der Waals surface area contributed by atoms with E-state index in [4.69, 9.17) is 17.3 Å². The van der Waals surface area contributed by atoms with Crippen LogP contribution in [0.25, 0.3) is 0 Å². The van der Waals surface area contributed by atoms with E-state index in [1.807, 2.05) is 18.2 Å². The second kappa shape index (κ2) is 6.92. The van der Waals surface area contributed by atoms with E-state index < -0.39 is 0 Å². The molecule has 1 amide bonds. The quantitative estimate of drug-likeness (QED) is 0.799. The largest absolute Gasteiger partial charge is 0.351 e. The number of rotatable bonds is 6. The zero-order valence-corrected chi connectivity index (χ0v) is 15.7. The van der Waals surface area contributed by atoms with Gasteiger partial charge >= 0.3 is 0 Å². The summed E-state index contributed by atoms with van der Waals surface area (Å²) in [6.07, 6.45) is 10.0. The third-order valence-electron chi connectivity index (χ3n) is 6.73. The molecule has 0 radical (unpaired) electrons. The van der Waals surface area contributed by atoms with Crippen molar-refractivity contribution >= 4 is 17.5 Å². The molecule has 0 unspecified atom stereocenters. The Labute approximate surface area is 155 Å². The van der Waals surface area contributed by atoms with Crippen LogP contribution in [0.4, 0.5) is 0 Å². The van der Waals surface area contributed by atoms with Gasteiger partial charge in [0.15, 0.2) is 0 Å². The smallest absolute Gasteiger partial charge is 0.252 e. The predicted octanol–water partition coefficient (Wildman–Crippen LogP) is 4.18. The first kappa shape index (κ1) is 17.4. The number of nitrogens with two attached hydrogens (primary N) is 1. The molecule has 4 aliphatic rings. The minimum atomic E-state index is -0.0182. The predicted molar refractivity (Wildman–Crippen MR) is 102 cm³/mol. The van der Waals surface area contributed by atoms with Crippen LogP contribution in [0, 0.1) is 23.2 Å². The van der Waals surface area contributed by atoms with Gasteiger partial charge in [-0.3, -0.25) is 4.79 Å². The third kappa shape index (κ3) is 3.59. The van der Waals surface area contributed by atoms with Crippen molar-refractivity contribution in [2.45, 2.75) is 51.4 Å². The van der Waals surface area contributed by atoms with Gasteiger partial charge in [0.2, 0.25) is 0 Å². The van der Waals surface area contributed by atoms with Gasteiger partial charge in [0.05, 0.1) is 10.6 Å². The monoisotopic (exact) mass is 360 g/mol. The van der Waals surface area contributed by atoms with Crippen LogP contribution in [-0.2, 0) is 6.42 Å². The Hall–Kier alpha value is -1.06. The molecule has 0 heterocycles. The number of hydrogen-bond acceptors (Lipinski definition) is 2. The van der Waals surface area contributed by atoms with Gasteiger partial charge in [0.1, 0.15) is 0 Å². The molecule has 3 nitrogen and oxygen atoms in total. The molecule has 4 bridgehead atoms. The molecular formula is C21H29ClN2O. The molecular weight excluding hydrogens is 332 g/mol. The van der Waals surface area contributed by atoms with Gasteiger partial charge in [-0.15, -0.1) is 0 Å². The Morgan fingerprint density at radius 3 is 2.40 bits per heavy atom. The van der Waals surface area contributed by atoms with Crippen LogP contribution in [-0.4, -0.2) is 19.0 Å². The van der Waals surface area contributed by atoms with Crippen molar-refractivity contribution in [1.29, 1.82) is 0 Å². The maximum atomic E-state index is 12.8. The highest BCUT2D eigenvalue weighted by Gasteiger charge is 2.50. The normalized spacial score (nSPS) is 32.8. The fraction of sp³-hybridized carbons (Fsp3) is 0.667. The first-order valence-electron chi connectivity index (χ1n) is 9.83. The Balaban J connectivity index is 1.42. The molecule has 4 heteroatoms. The van der Waals surface area contributed by atoms with Crippen LogP contribution in [0.15, 0.2) is 18.2 Å². The van der Waals surface area contributed by atoms with Crippen LogP contribution in [0.1, 0.15) is 60.9 Å². The molecule has 0 spiro atoms. The van der Waals surface area contributed by atoms with Gasteiger partial charge in [-0.2, -0.15) is 0 Å². The molecule has 0 aromatic heterocycles. The number of carbonyl (C=O) groups excluding carboxylic acids is 1. The summed E-state index contributed by atoms with van der Waals surface area (Å²) in [6, 6.07) is 5.77. The number of aryl methyl sites for hydroxylation is 1. The van der Waals surface area contributed by atoms with Gasteiger partial charge in [0, 0.05) is 6.54 Å². The molecule has 3 N–H and O–H groups in total. The number of amides is 1. The van der Waals surface area contributed by atoms with Crippen LogP contribution >= 0.6 is 11.6 Å². The Morgan fingerprint density at radius 1 is 1.16 bits per heavy atom. The van der Waals surface area contributed by atoms with E-state index in [0.29, 0.717) is 22.5 Å². The van der Waals surface area contributed by atoms with Crippen molar-refractivity contribution in [2.24, 2.45) is 28.9 Å². The Morgan fingerprint density at radius 2 is 1.80 bits per heavy atom. The number of nitrogens with one attached hydrogen (secondary N) is 1. The summed E-state index contributed by atoms with van der Waals surface area (Å²) < 4.78 is 0. The minimum Gasteiger partial charge on any atom is -0.351 e. The summed E-state index contributed by atoms with van der Waals surface area (Å²) in [4.78, 5) is 12.8. The maximum absolute atomic E-state index is 12.8. The summed E-state index contributed by atoms with van der Waals surface area (Å²) in [7, 11) is 0. The van der Waals surface area contributed by atoms with Gasteiger partial charge < -0.3 is 11.1 Å². The molecule has 0 aliphatic heterocycles. The van der Waals surface area contributed by atoms with E-state index in [2.05, 4.69) is 5.32 Å². The molecule has 4 saturated carbocycles. The van der Waals surface area contributed by atoms with E-state index in [-0.39, 0.29) is 5.91 Å². The lowest BCUT2D eigenvalue weighted by atomic mass is 9.49. The highest BCUT2D eigenvalue weighted by atomic mass is 35.5. The standard InChI is InChI=1S/C21H29ClN2O/c22-19-4-3-14(2-1-5-23)9-18(19)20(25)24-13-21-10-15-6-16(11-21)8-17(7-15)12-21/h3-4,9,15-17H,1-2,5-8,10-13,23H2,(H,24,25). The zero-order chi connectivity index (χ0) is 17.4. The fourth-order valence-electron chi connectivity index (χ4n) is 6.08. The third-order valence-corrected chi connectivity index (χ3v) is 7.06. The van der Waals surface area contributed by atoms with Crippen molar-refractivity contribution in [3.8, 4) is 0 Å². The second-order valence-electron chi connectivity index (χ2n) is 8.81. The Kier molecular flexibility index (Phi) is 4.81. The van der Waals surface area contributed by atoms with E-state index in [9.17, 15) is 4.79 Å². The van der Waals surface area contributed by atoms with E-state index in [1.54, 1.807) is 0 Å². The molecule has 5 rings (SSSR count). The lowest BCUT2D eigenvalue weighted by Gasteiger charge is -2.56. The summed E-state index contributed by atoms with van der Waals surface area (Å²) in [5, 5.41) is 3.77. The van der Waals surface area contributed by atoms with Crippen molar-refractivity contribution in [1.82, 2.24) is 5.32 Å². The molecule has 136 valence electrons. The summed E-state index contributed by atoms with van der Waals surface area (Å²) in [5.41, 5.74) is 7.69. The average molecular weight is 361 g/mol.